The number of morpholine rings is 1. The molecule has 0 aromatic carbocycles. The van der Waals surface area contributed by atoms with Crippen molar-refractivity contribution in [1.29, 1.82) is 0 Å². The lowest BCUT2D eigenvalue weighted by molar-refractivity contribution is 0.122. The molecule has 20 heavy (non-hydrogen) atoms. The molecule has 7 heteroatoms. The zero-order valence-electron chi connectivity index (χ0n) is 11.1. The maximum atomic E-state index is 11.5. The van der Waals surface area contributed by atoms with Gasteiger partial charge in [-0.05, 0) is 22.0 Å². The smallest absolute Gasteiger partial charge is 0.319 e. The SMILES string of the molecule is C=CCNC(=O)Nc1cnc(N2CCOCC2)c(Br)c1. The van der Waals surface area contributed by atoms with Gasteiger partial charge in [0.25, 0.3) is 0 Å². The van der Waals surface area contributed by atoms with Crippen LogP contribution in [0, 0.1) is 0 Å². The highest BCUT2D eigenvalue weighted by Crippen LogP contribution is 2.27. The van der Waals surface area contributed by atoms with E-state index in [0.717, 1.165) is 23.4 Å². The second-order valence-electron chi connectivity index (χ2n) is 4.25. The normalized spacial score (nSPS) is 14.8. The summed E-state index contributed by atoms with van der Waals surface area (Å²) in [7, 11) is 0. The fourth-order valence-electron chi connectivity index (χ4n) is 1.85. The Bertz CT molecular complexity index is 489. The molecular formula is C13H17BrN4O2. The van der Waals surface area contributed by atoms with E-state index < -0.39 is 0 Å². The number of hydrogen-bond acceptors (Lipinski definition) is 4. The minimum Gasteiger partial charge on any atom is -0.378 e. The summed E-state index contributed by atoms with van der Waals surface area (Å²) in [5.74, 6) is 0.866. The molecule has 0 unspecified atom stereocenters. The van der Waals surface area contributed by atoms with Gasteiger partial charge in [0.15, 0.2) is 0 Å². The van der Waals surface area contributed by atoms with E-state index in [1.54, 1.807) is 12.3 Å². The quantitative estimate of drug-likeness (QED) is 0.822. The number of halogens is 1. The zero-order chi connectivity index (χ0) is 14.4. The van der Waals surface area contributed by atoms with Crippen LogP contribution in [0.4, 0.5) is 16.3 Å². The van der Waals surface area contributed by atoms with Crippen molar-refractivity contribution in [2.24, 2.45) is 0 Å². The number of ether oxygens (including phenoxy) is 1. The van der Waals surface area contributed by atoms with Gasteiger partial charge in [0.1, 0.15) is 5.82 Å². The number of hydrogen-bond donors (Lipinski definition) is 2. The lowest BCUT2D eigenvalue weighted by atomic mass is 10.3. The number of aromatic nitrogens is 1. The van der Waals surface area contributed by atoms with Crippen LogP contribution in [0.2, 0.25) is 0 Å². The summed E-state index contributed by atoms with van der Waals surface area (Å²) in [6, 6.07) is 1.56. The second kappa shape index (κ2) is 7.25. The molecule has 0 radical (unpaired) electrons. The van der Waals surface area contributed by atoms with E-state index in [9.17, 15) is 4.79 Å². The van der Waals surface area contributed by atoms with Crippen molar-refractivity contribution in [2.75, 3.05) is 43.1 Å². The number of carbonyl (C=O) groups excluding carboxylic acids is 1. The molecule has 1 aliphatic heterocycles. The zero-order valence-corrected chi connectivity index (χ0v) is 12.6. The average Bonchev–Trinajstić information content (AvgIpc) is 2.46. The highest BCUT2D eigenvalue weighted by molar-refractivity contribution is 9.10. The first-order chi connectivity index (χ1) is 9.70. The van der Waals surface area contributed by atoms with Crippen molar-refractivity contribution in [3.8, 4) is 0 Å². The van der Waals surface area contributed by atoms with Crippen molar-refractivity contribution in [1.82, 2.24) is 10.3 Å². The standard InChI is InChI=1S/C13H17BrN4O2/c1-2-3-15-13(19)17-10-8-11(14)12(16-9-10)18-4-6-20-7-5-18/h2,8-9H,1,3-7H2,(H2,15,17,19). The Balaban J connectivity index is 2.01. The van der Waals surface area contributed by atoms with E-state index in [4.69, 9.17) is 4.74 Å². The van der Waals surface area contributed by atoms with Gasteiger partial charge in [-0.2, -0.15) is 0 Å². The van der Waals surface area contributed by atoms with Gasteiger partial charge in [0, 0.05) is 19.6 Å². The molecule has 2 amide bonds. The van der Waals surface area contributed by atoms with Crippen LogP contribution < -0.4 is 15.5 Å². The van der Waals surface area contributed by atoms with Crippen molar-refractivity contribution in [3.63, 3.8) is 0 Å². The summed E-state index contributed by atoms with van der Waals surface area (Å²) in [5, 5.41) is 5.35. The van der Waals surface area contributed by atoms with Gasteiger partial charge in [-0.25, -0.2) is 9.78 Å². The van der Waals surface area contributed by atoms with Crippen LogP contribution in [0.5, 0.6) is 0 Å². The number of nitrogens with one attached hydrogen (secondary N) is 2. The third-order valence-corrected chi connectivity index (χ3v) is 3.38. The van der Waals surface area contributed by atoms with E-state index in [-0.39, 0.29) is 6.03 Å². The molecule has 1 aromatic heterocycles. The molecule has 1 fully saturated rings. The molecule has 0 spiro atoms. The summed E-state index contributed by atoms with van der Waals surface area (Å²) in [4.78, 5) is 18.1. The molecule has 1 aromatic rings. The number of anilines is 2. The monoisotopic (exact) mass is 340 g/mol. The highest BCUT2D eigenvalue weighted by atomic mass is 79.9. The number of rotatable bonds is 4. The van der Waals surface area contributed by atoms with E-state index in [1.807, 2.05) is 6.07 Å². The van der Waals surface area contributed by atoms with E-state index >= 15 is 0 Å². The van der Waals surface area contributed by atoms with Gasteiger partial charge >= 0.3 is 6.03 Å². The summed E-state index contributed by atoms with van der Waals surface area (Å²) in [6.45, 7) is 7.01. The second-order valence-corrected chi connectivity index (χ2v) is 5.11. The number of urea groups is 1. The predicted molar refractivity (Wildman–Crippen MR) is 82.2 cm³/mol. The van der Waals surface area contributed by atoms with Crippen molar-refractivity contribution in [2.45, 2.75) is 0 Å². The minimum atomic E-state index is -0.280. The van der Waals surface area contributed by atoms with Crippen LogP contribution in [0.3, 0.4) is 0 Å². The van der Waals surface area contributed by atoms with Gasteiger partial charge in [-0.1, -0.05) is 6.08 Å². The van der Waals surface area contributed by atoms with Crippen molar-refractivity contribution in [3.05, 3.63) is 29.4 Å². The third kappa shape index (κ3) is 3.94. The maximum absolute atomic E-state index is 11.5. The summed E-state index contributed by atoms with van der Waals surface area (Å²) in [6.07, 6.45) is 3.26. The number of pyridine rings is 1. The molecule has 108 valence electrons. The number of nitrogens with zero attached hydrogens (tertiary/aromatic N) is 2. The Morgan fingerprint density at radius 3 is 2.95 bits per heavy atom. The molecule has 0 atom stereocenters. The molecule has 2 rings (SSSR count). The topological polar surface area (TPSA) is 66.5 Å². The van der Waals surface area contributed by atoms with Gasteiger partial charge in [-0.3, -0.25) is 0 Å². The lowest BCUT2D eigenvalue weighted by Gasteiger charge is -2.28. The third-order valence-electron chi connectivity index (χ3n) is 2.80. The maximum Gasteiger partial charge on any atom is 0.319 e. The number of amides is 2. The van der Waals surface area contributed by atoms with Crippen LogP contribution in [0.1, 0.15) is 0 Å². The molecule has 0 aliphatic carbocycles. The van der Waals surface area contributed by atoms with Crippen LogP contribution >= 0.6 is 15.9 Å². The summed E-state index contributed by atoms with van der Waals surface area (Å²) >= 11 is 3.49. The van der Waals surface area contributed by atoms with Gasteiger partial charge in [0.2, 0.25) is 0 Å². The van der Waals surface area contributed by atoms with Crippen LogP contribution in [-0.2, 0) is 4.74 Å². The number of carbonyl (C=O) groups is 1. The lowest BCUT2D eigenvalue weighted by Crippen LogP contribution is -2.37. The summed E-state index contributed by atoms with van der Waals surface area (Å²) < 4.78 is 6.16. The molecule has 0 bridgehead atoms. The molecular weight excluding hydrogens is 324 g/mol. The molecule has 2 heterocycles. The Morgan fingerprint density at radius 2 is 2.30 bits per heavy atom. The van der Waals surface area contributed by atoms with Crippen LogP contribution in [0.25, 0.3) is 0 Å². The van der Waals surface area contributed by atoms with Gasteiger partial charge in [-0.15, -0.1) is 6.58 Å². The Morgan fingerprint density at radius 1 is 1.55 bits per heavy atom. The largest absolute Gasteiger partial charge is 0.378 e. The summed E-state index contributed by atoms with van der Waals surface area (Å²) in [5.41, 5.74) is 0.635. The highest BCUT2D eigenvalue weighted by Gasteiger charge is 2.15. The van der Waals surface area contributed by atoms with Crippen LogP contribution in [0.15, 0.2) is 29.4 Å². The fourth-order valence-corrected chi connectivity index (χ4v) is 2.45. The fraction of sp³-hybridized carbons (Fsp3) is 0.385. The molecule has 6 nitrogen and oxygen atoms in total. The molecule has 2 N–H and O–H groups in total. The minimum absolute atomic E-state index is 0.280. The van der Waals surface area contributed by atoms with Gasteiger partial charge < -0.3 is 20.3 Å². The first-order valence-electron chi connectivity index (χ1n) is 6.34. The first kappa shape index (κ1) is 14.8. The van der Waals surface area contributed by atoms with Crippen molar-refractivity contribution >= 4 is 33.5 Å². The average molecular weight is 341 g/mol. The van der Waals surface area contributed by atoms with Gasteiger partial charge in [0.05, 0.1) is 29.6 Å². The predicted octanol–water partition coefficient (Wildman–Crippen LogP) is 1.99. The van der Waals surface area contributed by atoms with E-state index in [1.165, 1.54) is 0 Å². The Hall–Kier alpha value is -1.60. The van der Waals surface area contributed by atoms with E-state index in [0.29, 0.717) is 25.4 Å². The van der Waals surface area contributed by atoms with Crippen molar-refractivity contribution < 1.29 is 9.53 Å². The molecule has 0 saturated carbocycles. The van der Waals surface area contributed by atoms with Crippen LogP contribution in [-0.4, -0.2) is 43.9 Å². The first-order valence-corrected chi connectivity index (χ1v) is 7.14. The molecule has 1 saturated heterocycles. The Kier molecular flexibility index (Phi) is 5.37. The molecule has 1 aliphatic rings. The Labute approximate surface area is 126 Å². The van der Waals surface area contributed by atoms with E-state index in [2.05, 4.69) is 43.0 Å².